The van der Waals surface area contributed by atoms with Crippen LogP contribution >= 0.6 is 11.6 Å². The molecule has 1 aromatic carbocycles. The molecular formula is C27H23ClN8. The number of nitrogens with zero attached hydrogens (tertiary/aromatic N) is 6. The molecule has 1 atom stereocenters. The molecule has 2 N–H and O–H groups in total. The zero-order chi connectivity index (χ0) is 25.1. The van der Waals surface area contributed by atoms with E-state index in [9.17, 15) is 5.26 Å². The number of nitriles is 1. The highest BCUT2D eigenvalue weighted by atomic mass is 35.5. The Morgan fingerprint density at radius 1 is 1.06 bits per heavy atom. The van der Waals surface area contributed by atoms with Gasteiger partial charge in [-0.05, 0) is 43.3 Å². The van der Waals surface area contributed by atoms with E-state index in [1.165, 1.54) is 0 Å². The van der Waals surface area contributed by atoms with Gasteiger partial charge >= 0.3 is 0 Å². The Bertz CT molecular complexity index is 1460. The number of halogens is 1. The van der Waals surface area contributed by atoms with E-state index in [4.69, 9.17) is 11.6 Å². The van der Waals surface area contributed by atoms with Crippen LogP contribution in [0.15, 0.2) is 73.5 Å². The molecule has 1 unspecified atom stereocenters. The Morgan fingerprint density at radius 2 is 1.89 bits per heavy atom. The molecule has 0 spiro atoms. The summed E-state index contributed by atoms with van der Waals surface area (Å²) in [6.45, 7) is 2.81. The topological polar surface area (TPSA) is 103 Å². The van der Waals surface area contributed by atoms with Crippen LogP contribution in [-0.2, 0) is 0 Å². The number of anilines is 3. The Kier molecular flexibility index (Phi) is 6.48. The van der Waals surface area contributed by atoms with Crippen LogP contribution < -0.4 is 15.5 Å². The van der Waals surface area contributed by atoms with Crippen LogP contribution in [0.2, 0.25) is 5.15 Å². The lowest BCUT2D eigenvalue weighted by Gasteiger charge is -2.30. The normalized spacial score (nSPS) is 13.3. The molecule has 1 aliphatic rings. The molecule has 9 heteroatoms. The molecule has 5 rings (SSSR count). The third-order valence-electron chi connectivity index (χ3n) is 5.99. The van der Waals surface area contributed by atoms with Crippen LogP contribution in [0.3, 0.4) is 0 Å². The van der Waals surface area contributed by atoms with Gasteiger partial charge in [-0.1, -0.05) is 17.7 Å². The molecule has 0 saturated heterocycles. The Balaban J connectivity index is 1.38. The van der Waals surface area contributed by atoms with Crippen molar-refractivity contribution in [3.05, 3.63) is 95.6 Å². The standard InChI is InChI=1S/C27H23ClN8/c1-17(27-32-15-19(16-33-27)18-4-3-9-30-14-18)34-24-8-11-36(2)25-6-5-20(12-21(24)25)35-23-7-10-31-26(28)22(23)13-29/h3-10,12,14-17,34H,11H2,1-2H3,(H,31,35). The minimum atomic E-state index is -0.115. The number of hydrogen-bond acceptors (Lipinski definition) is 8. The molecule has 36 heavy (non-hydrogen) atoms. The number of benzene rings is 1. The summed E-state index contributed by atoms with van der Waals surface area (Å²) < 4.78 is 0. The molecule has 0 amide bonds. The maximum atomic E-state index is 9.48. The molecule has 8 nitrogen and oxygen atoms in total. The summed E-state index contributed by atoms with van der Waals surface area (Å²) in [7, 11) is 2.05. The summed E-state index contributed by atoms with van der Waals surface area (Å²) >= 11 is 6.10. The highest BCUT2D eigenvalue weighted by Crippen LogP contribution is 2.34. The summed E-state index contributed by atoms with van der Waals surface area (Å²) in [6, 6.07) is 13.7. The smallest absolute Gasteiger partial charge is 0.150 e. The number of nitrogens with one attached hydrogen (secondary N) is 2. The fourth-order valence-corrected chi connectivity index (χ4v) is 4.28. The molecule has 4 heterocycles. The van der Waals surface area contributed by atoms with Gasteiger partial charge in [0.1, 0.15) is 22.6 Å². The van der Waals surface area contributed by atoms with Crippen molar-refractivity contribution in [2.24, 2.45) is 0 Å². The van der Waals surface area contributed by atoms with Crippen LogP contribution in [0.25, 0.3) is 16.8 Å². The largest absolute Gasteiger partial charge is 0.375 e. The van der Waals surface area contributed by atoms with E-state index in [0.29, 0.717) is 17.1 Å². The van der Waals surface area contributed by atoms with Crippen LogP contribution in [0.5, 0.6) is 0 Å². The third-order valence-corrected chi connectivity index (χ3v) is 6.28. The van der Waals surface area contributed by atoms with Gasteiger partial charge in [0.25, 0.3) is 0 Å². The second-order valence-corrected chi connectivity index (χ2v) is 8.79. The zero-order valence-electron chi connectivity index (χ0n) is 19.8. The SMILES string of the molecule is CC(NC1=CCN(C)c2ccc(Nc3ccnc(Cl)c3C#N)cc21)c1ncc(-c2cccnc2)cn1. The van der Waals surface area contributed by atoms with Crippen LogP contribution in [0, 0.1) is 11.3 Å². The lowest BCUT2D eigenvalue weighted by atomic mass is 10.0. The number of hydrogen-bond donors (Lipinski definition) is 2. The van der Waals surface area contributed by atoms with Gasteiger partial charge in [0, 0.05) is 78.3 Å². The first-order chi connectivity index (χ1) is 17.5. The third kappa shape index (κ3) is 4.69. The summed E-state index contributed by atoms with van der Waals surface area (Å²) in [4.78, 5) is 19.5. The summed E-state index contributed by atoms with van der Waals surface area (Å²) in [5.74, 6) is 0.698. The summed E-state index contributed by atoms with van der Waals surface area (Å²) in [6.07, 6.45) is 10.9. The maximum absolute atomic E-state index is 9.48. The van der Waals surface area contributed by atoms with Crippen molar-refractivity contribution in [2.75, 3.05) is 23.8 Å². The van der Waals surface area contributed by atoms with Gasteiger partial charge in [0.15, 0.2) is 0 Å². The van der Waals surface area contributed by atoms with E-state index in [0.717, 1.165) is 40.3 Å². The van der Waals surface area contributed by atoms with E-state index in [-0.39, 0.29) is 11.2 Å². The van der Waals surface area contributed by atoms with Gasteiger partial charge in [-0.2, -0.15) is 5.26 Å². The monoisotopic (exact) mass is 494 g/mol. The maximum Gasteiger partial charge on any atom is 0.150 e. The molecule has 0 radical (unpaired) electrons. The number of aromatic nitrogens is 4. The molecule has 0 saturated carbocycles. The van der Waals surface area contributed by atoms with Crippen LogP contribution in [0.1, 0.15) is 29.9 Å². The Morgan fingerprint density at radius 3 is 2.64 bits per heavy atom. The van der Waals surface area contributed by atoms with Crippen molar-refractivity contribution < 1.29 is 0 Å². The summed E-state index contributed by atoms with van der Waals surface area (Å²) in [5, 5.41) is 16.5. The van der Waals surface area contributed by atoms with E-state index < -0.39 is 0 Å². The summed E-state index contributed by atoms with van der Waals surface area (Å²) in [5.41, 5.74) is 6.77. The van der Waals surface area contributed by atoms with Gasteiger partial charge in [-0.25, -0.2) is 15.0 Å². The first kappa shape index (κ1) is 23.3. The van der Waals surface area contributed by atoms with E-state index >= 15 is 0 Å². The molecule has 4 aromatic rings. The lowest BCUT2D eigenvalue weighted by molar-refractivity contribution is 0.648. The van der Waals surface area contributed by atoms with Crippen molar-refractivity contribution in [3.8, 4) is 17.2 Å². The zero-order valence-corrected chi connectivity index (χ0v) is 20.5. The average molecular weight is 495 g/mol. The van der Waals surface area contributed by atoms with E-state index in [1.807, 2.05) is 37.5 Å². The van der Waals surface area contributed by atoms with Crippen LogP contribution in [-0.4, -0.2) is 33.5 Å². The Hall–Kier alpha value is -4.48. The fraction of sp³-hybridized carbons (Fsp3) is 0.148. The number of likely N-dealkylation sites (N-methyl/N-ethyl adjacent to an activating group) is 1. The quantitative estimate of drug-likeness (QED) is 0.346. The molecule has 178 valence electrons. The van der Waals surface area contributed by atoms with E-state index in [1.54, 1.807) is 24.7 Å². The van der Waals surface area contributed by atoms with Crippen molar-refractivity contribution in [1.82, 2.24) is 25.3 Å². The molecule has 3 aromatic heterocycles. The minimum absolute atomic E-state index is 0.115. The second-order valence-electron chi connectivity index (χ2n) is 8.43. The molecule has 0 fully saturated rings. The van der Waals surface area contributed by atoms with Gasteiger partial charge in [0.2, 0.25) is 0 Å². The van der Waals surface area contributed by atoms with E-state index in [2.05, 4.69) is 66.8 Å². The molecule has 0 bridgehead atoms. The van der Waals surface area contributed by atoms with Gasteiger partial charge in [-0.3, -0.25) is 4.98 Å². The van der Waals surface area contributed by atoms with Gasteiger partial charge in [-0.15, -0.1) is 0 Å². The van der Waals surface area contributed by atoms with Crippen molar-refractivity contribution in [1.29, 1.82) is 5.26 Å². The fourth-order valence-electron chi connectivity index (χ4n) is 4.08. The highest BCUT2D eigenvalue weighted by Gasteiger charge is 2.20. The molecular weight excluding hydrogens is 472 g/mol. The van der Waals surface area contributed by atoms with Gasteiger partial charge in [0.05, 0.1) is 11.7 Å². The minimum Gasteiger partial charge on any atom is -0.375 e. The highest BCUT2D eigenvalue weighted by molar-refractivity contribution is 6.31. The first-order valence-corrected chi connectivity index (χ1v) is 11.8. The number of fused-ring (bicyclic) bond motifs is 1. The predicted octanol–water partition coefficient (Wildman–Crippen LogP) is 5.34. The second kappa shape index (κ2) is 10.0. The number of pyridine rings is 2. The predicted molar refractivity (Wildman–Crippen MR) is 142 cm³/mol. The molecule has 1 aliphatic heterocycles. The van der Waals surface area contributed by atoms with Crippen LogP contribution in [0.4, 0.5) is 17.1 Å². The Labute approximate surface area is 214 Å². The van der Waals surface area contributed by atoms with Crippen molar-refractivity contribution in [2.45, 2.75) is 13.0 Å². The first-order valence-electron chi connectivity index (χ1n) is 11.4. The van der Waals surface area contributed by atoms with Crippen molar-refractivity contribution in [3.63, 3.8) is 0 Å². The average Bonchev–Trinajstić information content (AvgIpc) is 2.91. The van der Waals surface area contributed by atoms with Gasteiger partial charge < -0.3 is 15.5 Å². The molecule has 0 aliphatic carbocycles. The van der Waals surface area contributed by atoms with Crippen molar-refractivity contribution >= 4 is 34.4 Å². The number of rotatable bonds is 6. The lowest BCUT2D eigenvalue weighted by Crippen LogP contribution is -2.27.